The Balaban J connectivity index is 1.38. The molecule has 0 spiro atoms. The zero-order valence-electron chi connectivity index (χ0n) is 18.6. The lowest BCUT2D eigenvalue weighted by Gasteiger charge is -2.54. The maximum absolute atomic E-state index is 13.7. The van der Waals surface area contributed by atoms with E-state index in [4.69, 9.17) is 23.2 Å². The molecule has 7 nitrogen and oxygen atoms in total. The summed E-state index contributed by atoms with van der Waals surface area (Å²) in [6.45, 7) is -0.547. The number of amides is 3. The lowest BCUT2D eigenvalue weighted by Crippen LogP contribution is -2.57. The van der Waals surface area contributed by atoms with E-state index in [1.165, 1.54) is 24.3 Å². The van der Waals surface area contributed by atoms with Crippen LogP contribution in [0.3, 0.4) is 0 Å². The fourth-order valence-corrected chi connectivity index (χ4v) is 7.05. The summed E-state index contributed by atoms with van der Waals surface area (Å²) in [5.74, 6) is -4.90. The third kappa shape index (κ3) is 2.81. The van der Waals surface area contributed by atoms with Crippen LogP contribution < -0.4 is 5.32 Å². The number of likely N-dealkylation sites (tertiary alicyclic amines) is 1. The molecule has 4 aliphatic rings. The molecule has 3 aromatic carbocycles. The predicted molar refractivity (Wildman–Crippen MR) is 132 cm³/mol. The first-order valence-corrected chi connectivity index (χ1v) is 12.0. The zero-order chi connectivity index (χ0) is 25.4. The van der Waals surface area contributed by atoms with Crippen LogP contribution in [0.15, 0.2) is 72.8 Å². The number of benzene rings is 3. The van der Waals surface area contributed by atoms with Crippen LogP contribution in [0.5, 0.6) is 0 Å². The van der Waals surface area contributed by atoms with Gasteiger partial charge in [0.2, 0.25) is 17.7 Å². The number of rotatable bonds is 4. The highest BCUT2D eigenvalue weighted by atomic mass is 35.5. The number of carbonyl (C=O) groups is 4. The van der Waals surface area contributed by atoms with Gasteiger partial charge in [-0.3, -0.25) is 19.3 Å². The quantitative estimate of drug-likeness (QED) is 0.400. The topological polar surface area (TPSA) is 104 Å². The lowest BCUT2D eigenvalue weighted by molar-refractivity contribution is -0.142. The highest BCUT2D eigenvalue weighted by Gasteiger charge is 2.73. The second kappa shape index (κ2) is 7.66. The zero-order valence-corrected chi connectivity index (χ0v) is 20.1. The number of imide groups is 1. The summed E-state index contributed by atoms with van der Waals surface area (Å²) in [7, 11) is 0. The molecule has 2 N–H and O–H groups in total. The lowest BCUT2D eigenvalue weighted by atomic mass is 9.54. The van der Waals surface area contributed by atoms with Crippen LogP contribution in [0.25, 0.3) is 0 Å². The van der Waals surface area contributed by atoms with Crippen molar-refractivity contribution in [3.63, 3.8) is 0 Å². The summed E-state index contributed by atoms with van der Waals surface area (Å²) in [6.07, 6.45) is 0. The molecule has 0 aromatic heterocycles. The fraction of sp³-hybridized carbons (Fsp3) is 0.185. The van der Waals surface area contributed by atoms with Gasteiger partial charge in [-0.2, -0.15) is 0 Å². The molecule has 0 unspecified atom stereocenters. The Hall–Kier alpha value is -3.68. The van der Waals surface area contributed by atoms with Crippen molar-refractivity contribution in [2.75, 3.05) is 11.9 Å². The van der Waals surface area contributed by atoms with Crippen LogP contribution in [0.1, 0.15) is 32.6 Å². The van der Waals surface area contributed by atoms with Crippen molar-refractivity contribution in [3.05, 3.63) is 101 Å². The van der Waals surface area contributed by atoms with E-state index < -0.39 is 51.8 Å². The molecule has 3 aromatic rings. The normalized spacial score (nSPS) is 27.3. The molecule has 1 heterocycles. The molecule has 180 valence electrons. The molecule has 1 aliphatic heterocycles. The molecule has 1 saturated heterocycles. The van der Waals surface area contributed by atoms with E-state index in [1.54, 1.807) is 0 Å². The van der Waals surface area contributed by atoms with E-state index in [0.29, 0.717) is 22.3 Å². The number of carbonyl (C=O) groups excluding carboxylic acids is 3. The number of carboxylic acids is 1. The third-order valence-electron chi connectivity index (χ3n) is 7.37. The molecule has 1 fully saturated rings. The molecule has 0 saturated carbocycles. The number of anilines is 1. The second-order valence-corrected chi connectivity index (χ2v) is 10.4. The van der Waals surface area contributed by atoms with Gasteiger partial charge in [0, 0.05) is 5.69 Å². The van der Waals surface area contributed by atoms with E-state index in [0.717, 1.165) is 4.90 Å². The molecule has 7 rings (SSSR count). The van der Waals surface area contributed by atoms with E-state index in [-0.39, 0.29) is 11.3 Å². The summed E-state index contributed by atoms with van der Waals surface area (Å²) in [6, 6.07) is 20.3. The Kier molecular flexibility index (Phi) is 4.84. The largest absolute Gasteiger partial charge is 0.478 e. The molecule has 0 radical (unpaired) electrons. The first kappa shape index (κ1) is 22.8. The Morgan fingerprint density at radius 3 is 1.72 bits per heavy atom. The highest BCUT2D eigenvalue weighted by molar-refractivity contribution is 6.36. The van der Waals surface area contributed by atoms with Crippen LogP contribution in [0.2, 0.25) is 0 Å². The molecule has 3 amide bonds. The minimum atomic E-state index is -1.32. The van der Waals surface area contributed by atoms with Crippen molar-refractivity contribution < 1.29 is 24.3 Å². The van der Waals surface area contributed by atoms with Gasteiger partial charge in [0.05, 0.1) is 17.4 Å². The number of nitrogens with zero attached hydrogens (tertiary/aromatic N) is 1. The summed E-state index contributed by atoms with van der Waals surface area (Å²) in [5, 5.41) is 11.7. The first-order chi connectivity index (χ1) is 17.2. The van der Waals surface area contributed by atoms with Gasteiger partial charge >= 0.3 is 5.97 Å². The van der Waals surface area contributed by atoms with Crippen molar-refractivity contribution in [2.24, 2.45) is 11.8 Å². The van der Waals surface area contributed by atoms with Crippen LogP contribution in [-0.4, -0.2) is 40.2 Å². The summed E-state index contributed by atoms with van der Waals surface area (Å²) in [4.78, 5) is 49.8. The van der Waals surface area contributed by atoms with Gasteiger partial charge in [0.25, 0.3) is 0 Å². The molecular weight excluding hydrogens is 503 g/mol. The Labute approximate surface area is 215 Å². The van der Waals surface area contributed by atoms with Crippen molar-refractivity contribution >= 4 is 52.6 Å². The standard InChI is InChI=1S/C27H18Cl2N2O5/c28-26-16-8-1-2-9-17(16)27(29,19-11-4-3-10-18(19)26)22-21(26)23(33)31(24(22)34)13-20(32)30-15-7-5-6-14(12-15)25(35)36/h1-12,21-22H,13H2,(H,30,32)(H,35,36)/t21-,22-,26?,27?/m0/s1. The number of alkyl halides is 2. The van der Waals surface area contributed by atoms with Crippen molar-refractivity contribution in [2.45, 2.75) is 9.75 Å². The number of halogens is 2. The number of carboxylic acid groups (broad SMARTS) is 1. The number of aromatic carboxylic acids is 1. The van der Waals surface area contributed by atoms with E-state index in [9.17, 15) is 24.3 Å². The minimum Gasteiger partial charge on any atom is -0.478 e. The van der Waals surface area contributed by atoms with Gasteiger partial charge in [-0.25, -0.2) is 4.79 Å². The summed E-state index contributed by atoms with van der Waals surface area (Å²) in [5.41, 5.74) is 2.95. The molecule has 9 heteroatoms. The molecule has 2 atom stereocenters. The van der Waals surface area contributed by atoms with Gasteiger partial charge in [0.15, 0.2) is 0 Å². The van der Waals surface area contributed by atoms with Crippen molar-refractivity contribution in [3.8, 4) is 0 Å². The smallest absolute Gasteiger partial charge is 0.335 e. The Morgan fingerprint density at radius 1 is 0.806 bits per heavy atom. The van der Waals surface area contributed by atoms with Crippen molar-refractivity contribution in [1.29, 1.82) is 0 Å². The summed E-state index contributed by atoms with van der Waals surface area (Å²) >= 11 is 14.7. The van der Waals surface area contributed by atoms with Gasteiger partial charge in [0.1, 0.15) is 16.3 Å². The SMILES string of the molecule is O=C(CN1C(=O)[C@@H]2[C@@H](C1=O)C1(Cl)c3ccccc3C2(Cl)c2ccccc21)Nc1cccc(C(=O)O)c1. The average Bonchev–Trinajstić information content (AvgIpc) is 3.13. The van der Waals surface area contributed by atoms with E-state index in [1.807, 2.05) is 48.5 Å². The van der Waals surface area contributed by atoms with Crippen LogP contribution in [0.4, 0.5) is 5.69 Å². The van der Waals surface area contributed by atoms with Gasteiger partial charge < -0.3 is 10.4 Å². The second-order valence-electron chi connectivity index (χ2n) is 9.17. The number of nitrogens with one attached hydrogen (secondary N) is 1. The van der Waals surface area contributed by atoms with Gasteiger partial charge in [-0.1, -0.05) is 54.6 Å². The van der Waals surface area contributed by atoms with Gasteiger partial charge in [-0.05, 0) is 40.5 Å². The monoisotopic (exact) mass is 520 g/mol. The number of hydrogen-bond donors (Lipinski definition) is 2. The average molecular weight is 521 g/mol. The van der Waals surface area contributed by atoms with E-state index in [2.05, 4.69) is 5.32 Å². The summed E-state index contributed by atoms with van der Waals surface area (Å²) < 4.78 is 0. The fourth-order valence-electron chi connectivity index (χ4n) is 5.95. The van der Waals surface area contributed by atoms with Gasteiger partial charge in [-0.15, -0.1) is 23.2 Å². The molecule has 2 bridgehead atoms. The Bertz CT molecular complexity index is 1380. The predicted octanol–water partition coefficient (Wildman–Crippen LogP) is 3.92. The molecule has 3 aliphatic carbocycles. The number of hydrogen-bond acceptors (Lipinski definition) is 4. The van der Waals surface area contributed by atoms with Crippen LogP contribution in [0, 0.1) is 11.8 Å². The third-order valence-corrected chi connectivity index (χ3v) is 8.66. The van der Waals surface area contributed by atoms with Crippen molar-refractivity contribution in [1.82, 2.24) is 4.90 Å². The molecule has 36 heavy (non-hydrogen) atoms. The first-order valence-electron chi connectivity index (χ1n) is 11.2. The highest BCUT2D eigenvalue weighted by Crippen LogP contribution is 2.69. The Morgan fingerprint density at radius 2 is 1.28 bits per heavy atom. The van der Waals surface area contributed by atoms with Crippen LogP contribution >= 0.6 is 23.2 Å². The molecular formula is C27H18Cl2N2O5. The maximum Gasteiger partial charge on any atom is 0.335 e. The van der Waals surface area contributed by atoms with Crippen LogP contribution in [-0.2, 0) is 24.1 Å². The van der Waals surface area contributed by atoms with E-state index >= 15 is 0 Å². The maximum atomic E-state index is 13.7. The minimum absolute atomic E-state index is 0.00703.